The molecule has 4 heterocycles. The van der Waals surface area contributed by atoms with Crippen LogP contribution in [0.4, 0.5) is 11.5 Å². The van der Waals surface area contributed by atoms with Crippen LogP contribution in [-0.4, -0.2) is 24.3 Å². The maximum atomic E-state index is 4.87. The van der Waals surface area contributed by atoms with Gasteiger partial charge in [-0.25, -0.2) is 15.0 Å². The Kier molecular flexibility index (Phi) is 5.34. The maximum Gasteiger partial charge on any atom is 0.136 e. The largest absolute Gasteiger partial charge is 0.340 e. The molecule has 0 bridgehead atoms. The van der Waals surface area contributed by atoms with Crippen molar-refractivity contribution in [3.05, 3.63) is 113 Å². The van der Waals surface area contributed by atoms with Gasteiger partial charge < -0.3 is 9.72 Å². The van der Waals surface area contributed by atoms with E-state index in [2.05, 4.69) is 46.5 Å². The number of fused-ring (bicyclic) bond motifs is 1. The molecule has 5 aromatic rings. The SMILES string of the molecule is Cc1cc(C)nc(Cc2nc(Cc3ccn4ccnc4c3)cc(Nc3ccccc3)n2)c1. The van der Waals surface area contributed by atoms with Gasteiger partial charge in [0.2, 0.25) is 0 Å². The van der Waals surface area contributed by atoms with E-state index in [1.165, 1.54) is 5.56 Å². The molecule has 0 unspecified atom stereocenters. The first-order chi connectivity index (χ1) is 15.6. The highest BCUT2D eigenvalue weighted by atomic mass is 15.0. The summed E-state index contributed by atoms with van der Waals surface area (Å²) in [5, 5.41) is 3.42. The summed E-state index contributed by atoms with van der Waals surface area (Å²) in [6, 6.07) is 20.5. The lowest BCUT2D eigenvalue weighted by Gasteiger charge is -2.11. The van der Waals surface area contributed by atoms with E-state index in [1.807, 2.05) is 60.1 Å². The molecule has 0 radical (unpaired) electrons. The summed E-state index contributed by atoms with van der Waals surface area (Å²) in [5.74, 6) is 1.53. The Labute approximate surface area is 187 Å². The van der Waals surface area contributed by atoms with E-state index in [4.69, 9.17) is 9.97 Å². The van der Waals surface area contributed by atoms with Gasteiger partial charge in [-0.15, -0.1) is 0 Å². The number of nitrogens with one attached hydrogen (secondary N) is 1. The van der Waals surface area contributed by atoms with Gasteiger partial charge in [0.15, 0.2) is 0 Å². The molecule has 1 N–H and O–H groups in total. The monoisotopic (exact) mass is 420 g/mol. The first kappa shape index (κ1) is 19.9. The van der Waals surface area contributed by atoms with Crippen molar-refractivity contribution in [1.29, 1.82) is 0 Å². The van der Waals surface area contributed by atoms with Gasteiger partial charge in [0, 0.05) is 48.2 Å². The minimum Gasteiger partial charge on any atom is -0.340 e. The zero-order valence-corrected chi connectivity index (χ0v) is 18.2. The minimum atomic E-state index is 0.582. The second-order valence-electron chi connectivity index (χ2n) is 8.01. The zero-order chi connectivity index (χ0) is 21.9. The van der Waals surface area contributed by atoms with Crippen LogP contribution in [0.15, 0.2) is 79.3 Å². The van der Waals surface area contributed by atoms with E-state index in [0.29, 0.717) is 12.8 Å². The van der Waals surface area contributed by atoms with E-state index in [1.54, 1.807) is 6.20 Å². The third kappa shape index (κ3) is 4.64. The van der Waals surface area contributed by atoms with Crippen LogP contribution in [0.5, 0.6) is 0 Å². The predicted octanol–water partition coefficient (Wildman–Crippen LogP) is 5.06. The molecule has 0 atom stereocenters. The lowest BCUT2D eigenvalue weighted by Crippen LogP contribution is -2.06. The summed E-state index contributed by atoms with van der Waals surface area (Å²) in [5.41, 5.74) is 7.21. The Morgan fingerprint density at radius 1 is 0.812 bits per heavy atom. The fraction of sp³-hybridized carbons (Fsp3) is 0.154. The zero-order valence-electron chi connectivity index (χ0n) is 18.2. The third-order valence-electron chi connectivity index (χ3n) is 5.21. The summed E-state index contributed by atoms with van der Waals surface area (Å²) < 4.78 is 2.00. The molecule has 0 aliphatic carbocycles. The van der Waals surface area contributed by atoms with Crippen LogP contribution in [0.2, 0.25) is 0 Å². The summed E-state index contributed by atoms with van der Waals surface area (Å²) in [6.45, 7) is 4.10. The van der Waals surface area contributed by atoms with E-state index < -0.39 is 0 Å². The molecule has 0 saturated heterocycles. The summed E-state index contributed by atoms with van der Waals surface area (Å²) in [4.78, 5) is 18.7. The maximum absolute atomic E-state index is 4.87. The number of hydrogen-bond acceptors (Lipinski definition) is 5. The van der Waals surface area contributed by atoms with Crippen LogP contribution in [0, 0.1) is 13.8 Å². The first-order valence-corrected chi connectivity index (χ1v) is 10.7. The van der Waals surface area contributed by atoms with Crippen molar-refractivity contribution in [2.45, 2.75) is 26.7 Å². The molecule has 4 aromatic heterocycles. The van der Waals surface area contributed by atoms with Gasteiger partial charge in [-0.05, 0) is 61.4 Å². The van der Waals surface area contributed by atoms with Crippen molar-refractivity contribution in [2.75, 3.05) is 5.32 Å². The Morgan fingerprint density at radius 3 is 2.50 bits per heavy atom. The molecule has 0 spiro atoms. The van der Waals surface area contributed by atoms with Crippen LogP contribution in [-0.2, 0) is 12.8 Å². The van der Waals surface area contributed by atoms with Gasteiger partial charge in [0.25, 0.3) is 0 Å². The average Bonchev–Trinajstić information content (AvgIpc) is 3.21. The Hall–Kier alpha value is -4.06. The highest BCUT2D eigenvalue weighted by Crippen LogP contribution is 2.19. The van der Waals surface area contributed by atoms with E-state index in [0.717, 1.165) is 45.6 Å². The number of para-hydroxylation sites is 1. The molecular weight excluding hydrogens is 396 g/mol. The van der Waals surface area contributed by atoms with Crippen LogP contribution in [0.3, 0.4) is 0 Å². The van der Waals surface area contributed by atoms with Crippen molar-refractivity contribution < 1.29 is 0 Å². The van der Waals surface area contributed by atoms with E-state index in [-0.39, 0.29) is 0 Å². The predicted molar refractivity (Wildman–Crippen MR) is 126 cm³/mol. The highest BCUT2D eigenvalue weighted by molar-refractivity contribution is 5.56. The summed E-state index contributed by atoms with van der Waals surface area (Å²) >= 11 is 0. The molecule has 0 aliphatic heterocycles. The topological polar surface area (TPSA) is 68.0 Å². The molecule has 32 heavy (non-hydrogen) atoms. The molecular formula is C26H24N6. The van der Waals surface area contributed by atoms with Crippen LogP contribution < -0.4 is 5.32 Å². The molecule has 0 saturated carbocycles. The lowest BCUT2D eigenvalue weighted by atomic mass is 10.1. The standard InChI is InChI=1S/C26H24N6/c1-18-12-19(2)28-22(13-18)16-25-30-23(14-20-8-10-32-11-9-27-26(32)15-20)17-24(31-25)29-21-6-4-3-5-7-21/h3-13,15,17H,14,16H2,1-2H3,(H,29,30,31). The number of benzene rings is 1. The minimum absolute atomic E-state index is 0.582. The molecule has 6 nitrogen and oxygen atoms in total. The second-order valence-corrected chi connectivity index (χ2v) is 8.01. The molecule has 6 heteroatoms. The van der Waals surface area contributed by atoms with Crippen LogP contribution in [0.25, 0.3) is 5.65 Å². The average molecular weight is 421 g/mol. The first-order valence-electron chi connectivity index (χ1n) is 10.7. The fourth-order valence-electron chi connectivity index (χ4n) is 3.90. The molecule has 1 aromatic carbocycles. The smallest absolute Gasteiger partial charge is 0.136 e. The van der Waals surface area contributed by atoms with Crippen molar-refractivity contribution in [2.24, 2.45) is 0 Å². The number of imidazole rings is 1. The quantitative estimate of drug-likeness (QED) is 0.416. The fourth-order valence-corrected chi connectivity index (χ4v) is 3.90. The number of aryl methyl sites for hydroxylation is 2. The number of aromatic nitrogens is 5. The van der Waals surface area contributed by atoms with Crippen molar-refractivity contribution >= 4 is 17.2 Å². The summed E-state index contributed by atoms with van der Waals surface area (Å²) in [7, 11) is 0. The number of nitrogens with zero attached hydrogens (tertiary/aromatic N) is 5. The molecule has 5 rings (SSSR count). The number of pyridine rings is 2. The summed E-state index contributed by atoms with van der Waals surface area (Å²) in [6.07, 6.45) is 7.06. The normalized spacial score (nSPS) is 11.1. The van der Waals surface area contributed by atoms with Gasteiger partial charge in [-0.1, -0.05) is 18.2 Å². The van der Waals surface area contributed by atoms with Gasteiger partial charge in [0.1, 0.15) is 17.3 Å². The Morgan fingerprint density at radius 2 is 1.66 bits per heavy atom. The molecule has 0 aliphatic rings. The van der Waals surface area contributed by atoms with Gasteiger partial charge in [0.05, 0.1) is 12.1 Å². The number of hydrogen-bond donors (Lipinski definition) is 1. The van der Waals surface area contributed by atoms with Gasteiger partial charge >= 0.3 is 0 Å². The Bertz CT molecular complexity index is 1350. The molecule has 0 fully saturated rings. The van der Waals surface area contributed by atoms with E-state index >= 15 is 0 Å². The van der Waals surface area contributed by atoms with Gasteiger partial charge in [-0.2, -0.15) is 0 Å². The molecule has 158 valence electrons. The lowest BCUT2D eigenvalue weighted by molar-refractivity contribution is 0.893. The Balaban J connectivity index is 1.49. The molecule has 0 amide bonds. The van der Waals surface area contributed by atoms with Gasteiger partial charge in [-0.3, -0.25) is 4.98 Å². The van der Waals surface area contributed by atoms with Crippen molar-refractivity contribution in [1.82, 2.24) is 24.3 Å². The second kappa shape index (κ2) is 8.59. The number of anilines is 2. The third-order valence-corrected chi connectivity index (χ3v) is 5.21. The van der Waals surface area contributed by atoms with Crippen molar-refractivity contribution in [3.63, 3.8) is 0 Å². The highest BCUT2D eigenvalue weighted by Gasteiger charge is 2.10. The van der Waals surface area contributed by atoms with Crippen molar-refractivity contribution in [3.8, 4) is 0 Å². The van der Waals surface area contributed by atoms with Crippen LogP contribution in [0.1, 0.15) is 34.0 Å². The number of rotatable bonds is 6. The van der Waals surface area contributed by atoms with E-state index in [9.17, 15) is 0 Å². The van der Waals surface area contributed by atoms with Crippen LogP contribution >= 0.6 is 0 Å².